The summed E-state index contributed by atoms with van der Waals surface area (Å²) in [7, 11) is 2.19. The van der Waals surface area contributed by atoms with Crippen molar-refractivity contribution in [3.63, 3.8) is 0 Å². The van der Waals surface area contributed by atoms with Crippen LogP contribution in [0.25, 0.3) is 0 Å². The molecule has 1 rings (SSSR count). The van der Waals surface area contributed by atoms with Crippen molar-refractivity contribution in [2.75, 3.05) is 26.7 Å². The van der Waals surface area contributed by atoms with Gasteiger partial charge in [0.2, 0.25) is 0 Å². The second-order valence-electron chi connectivity index (χ2n) is 4.29. The molecule has 13 heavy (non-hydrogen) atoms. The Labute approximate surface area is 82.0 Å². The van der Waals surface area contributed by atoms with Crippen LogP contribution >= 0.6 is 0 Å². The molecule has 0 aromatic heterocycles. The highest BCUT2D eigenvalue weighted by molar-refractivity contribution is 4.81. The van der Waals surface area contributed by atoms with E-state index >= 15 is 0 Å². The van der Waals surface area contributed by atoms with Crippen molar-refractivity contribution in [3.8, 4) is 0 Å². The van der Waals surface area contributed by atoms with Gasteiger partial charge in [-0.2, -0.15) is 0 Å². The van der Waals surface area contributed by atoms with Crippen molar-refractivity contribution in [2.24, 2.45) is 5.92 Å². The van der Waals surface area contributed by atoms with Gasteiger partial charge in [0, 0.05) is 19.1 Å². The molecule has 1 fully saturated rings. The number of nitrogens with one attached hydrogen (secondary N) is 1. The Balaban J connectivity index is 2.12. The summed E-state index contributed by atoms with van der Waals surface area (Å²) in [5.74, 6) is 0.859. The molecule has 76 valence electrons. The summed E-state index contributed by atoms with van der Waals surface area (Å²) < 4.78 is 0. The second kappa shape index (κ2) is 5.40. The summed E-state index contributed by atoms with van der Waals surface area (Å²) in [6, 6.07) is 0.713. The van der Waals surface area contributed by atoms with Crippen LogP contribution in [0, 0.1) is 5.92 Å². The van der Waals surface area contributed by atoms with Gasteiger partial charge in [-0.1, -0.05) is 13.0 Å². The maximum atomic E-state index is 3.73. The standard InChI is InChI=1S/C11H22N2/c1-4-5-6-13(3)9-11-7-10(2)8-12-11/h4,10-12H,1,5-9H2,2-3H3. The summed E-state index contributed by atoms with van der Waals surface area (Å²) in [6.07, 6.45) is 4.42. The maximum absolute atomic E-state index is 3.73. The maximum Gasteiger partial charge on any atom is 0.0198 e. The minimum absolute atomic E-state index is 0.713. The van der Waals surface area contributed by atoms with E-state index < -0.39 is 0 Å². The lowest BCUT2D eigenvalue weighted by atomic mass is 10.1. The molecule has 0 saturated carbocycles. The molecule has 1 saturated heterocycles. The third-order valence-corrected chi connectivity index (χ3v) is 2.69. The third-order valence-electron chi connectivity index (χ3n) is 2.69. The summed E-state index contributed by atoms with van der Waals surface area (Å²) >= 11 is 0. The van der Waals surface area contributed by atoms with Crippen LogP contribution in [0.2, 0.25) is 0 Å². The summed E-state index contributed by atoms with van der Waals surface area (Å²) in [5.41, 5.74) is 0. The summed E-state index contributed by atoms with van der Waals surface area (Å²) in [6.45, 7) is 9.56. The van der Waals surface area contributed by atoms with E-state index in [2.05, 4.69) is 30.8 Å². The molecule has 0 amide bonds. The van der Waals surface area contributed by atoms with Crippen molar-refractivity contribution in [1.82, 2.24) is 10.2 Å². The number of likely N-dealkylation sites (N-methyl/N-ethyl adjacent to an activating group) is 1. The van der Waals surface area contributed by atoms with Gasteiger partial charge in [-0.15, -0.1) is 6.58 Å². The Morgan fingerprint density at radius 1 is 1.62 bits per heavy atom. The number of hydrogen-bond acceptors (Lipinski definition) is 2. The first-order valence-corrected chi connectivity index (χ1v) is 5.25. The Hall–Kier alpha value is -0.340. The predicted molar refractivity (Wildman–Crippen MR) is 57.9 cm³/mol. The second-order valence-corrected chi connectivity index (χ2v) is 4.29. The smallest absolute Gasteiger partial charge is 0.0198 e. The van der Waals surface area contributed by atoms with Crippen LogP contribution in [0.1, 0.15) is 19.8 Å². The van der Waals surface area contributed by atoms with Gasteiger partial charge in [-0.25, -0.2) is 0 Å². The third kappa shape index (κ3) is 3.92. The molecule has 1 aliphatic heterocycles. The van der Waals surface area contributed by atoms with Gasteiger partial charge in [0.05, 0.1) is 0 Å². The SMILES string of the molecule is C=CCCN(C)CC1CC(C)CN1. The minimum atomic E-state index is 0.713. The fourth-order valence-corrected chi connectivity index (χ4v) is 1.94. The monoisotopic (exact) mass is 182 g/mol. The van der Waals surface area contributed by atoms with Crippen LogP contribution in [-0.4, -0.2) is 37.6 Å². The van der Waals surface area contributed by atoms with E-state index in [-0.39, 0.29) is 0 Å². The van der Waals surface area contributed by atoms with Gasteiger partial charge in [0.1, 0.15) is 0 Å². The molecule has 1 N–H and O–H groups in total. The van der Waals surface area contributed by atoms with E-state index in [1.165, 1.54) is 19.5 Å². The number of nitrogens with zero attached hydrogens (tertiary/aromatic N) is 1. The van der Waals surface area contributed by atoms with Gasteiger partial charge >= 0.3 is 0 Å². The Bertz CT molecular complexity index is 156. The molecule has 0 aromatic carbocycles. The molecule has 1 heterocycles. The van der Waals surface area contributed by atoms with Gasteiger partial charge in [-0.05, 0) is 32.4 Å². The van der Waals surface area contributed by atoms with E-state index in [9.17, 15) is 0 Å². The Kier molecular flexibility index (Phi) is 4.46. The molecule has 0 aromatic rings. The van der Waals surface area contributed by atoms with E-state index in [0.717, 1.165) is 18.9 Å². The first-order chi connectivity index (χ1) is 6.22. The highest BCUT2D eigenvalue weighted by Gasteiger charge is 2.20. The van der Waals surface area contributed by atoms with Crippen LogP contribution in [0.15, 0.2) is 12.7 Å². The van der Waals surface area contributed by atoms with Gasteiger partial charge in [-0.3, -0.25) is 0 Å². The quantitative estimate of drug-likeness (QED) is 0.648. The zero-order chi connectivity index (χ0) is 9.68. The zero-order valence-electron chi connectivity index (χ0n) is 8.92. The topological polar surface area (TPSA) is 15.3 Å². The van der Waals surface area contributed by atoms with Gasteiger partial charge in [0.25, 0.3) is 0 Å². The average Bonchev–Trinajstić information content (AvgIpc) is 2.48. The predicted octanol–water partition coefficient (Wildman–Crippen LogP) is 1.49. The molecule has 0 aliphatic carbocycles. The molecule has 0 spiro atoms. The van der Waals surface area contributed by atoms with Gasteiger partial charge < -0.3 is 10.2 Å². The molecule has 1 aliphatic rings. The summed E-state index contributed by atoms with van der Waals surface area (Å²) in [4.78, 5) is 2.39. The number of rotatable bonds is 5. The molecule has 2 unspecified atom stereocenters. The van der Waals surface area contributed by atoms with E-state index in [4.69, 9.17) is 0 Å². The number of hydrogen-bond donors (Lipinski definition) is 1. The van der Waals surface area contributed by atoms with E-state index in [1.54, 1.807) is 0 Å². The first-order valence-electron chi connectivity index (χ1n) is 5.25. The van der Waals surface area contributed by atoms with Crippen molar-refractivity contribution >= 4 is 0 Å². The fraction of sp³-hybridized carbons (Fsp3) is 0.818. The molecule has 0 radical (unpaired) electrons. The van der Waals surface area contributed by atoms with Crippen LogP contribution < -0.4 is 5.32 Å². The van der Waals surface area contributed by atoms with Crippen LogP contribution in [0.3, 0.4) is 0 Å². The molecule has 2 nitrogen and oxygen atoms in total. The minimum Gasteiger partial charge on any atom is -0.312 e. The molecular formula is C11H22N2. The van der Waals surface area contributed by atoms with Crippen molar-refractivity contribution in [1.29, 1.82) is 0 Å². The van der Waals surface area contributed by atoms with Crippen LogP contribution in [0.4, 0.5) is 0 Å². The van der Waals surface area contributed by atoms with E-state index in [1.807, 2.05) is 6.08 Å². The lowest BCUT2D eigenvalue weighted by Gasteiger charge is -2.20. The van der Waals surface area contributed by atoms with Crippen LogP contribution in [-0.2, 0) is 0 Å². The highest BCUT2D eigenvalue weighted by atomic mass is 15.1. The summed E-state index contributed by atoms with van der Waals surface area (Å²) in [5, 5.41) is 3.55. The average molecular weight is 182 g/mol. The molecule has 2 atom stereocenters. The van der Waals surface area contributed by atoms with Crippen molar-refractivity contribution in [2.45, 2.75) is 25.8 Å². The lowest BCUT2D eigenvalue weighted by molar-refractivity contribution is 0.304. The van der Waals surface area contributed by atoms with Crippen molar-refractivity contribution in [3.05, 3.63) is 12.7 Å². The molecule has 2 heteroatoms. The normalized spacial score (nSPS) is 28.2. The molecule has 0 bridgehead atoms. The van der Waals surface area contributed by atoms with Crippen molar-refractivity contribution < 1.29 is 0 Å². The zero-order valence-corrected chi connectivity index (χ0v) is 8.92. The largest absolute Gasteiger partial charge is 0.312 e. The van der Waals surface area contributed by atoms with Crippen LogP contribution in [0.5, 0.6) is 0 Å². The lowest BCUT2D eigenvalue weighted by Crippen LogP contribution is -2.35. The molecular weight excluding hydrogens is 160 g/mol. The Morgan fingerprint density at radius 2 is 2.38 bits per heavy atom. The Morgan fingerprint density at radius 3 is 2.92 bits per heavy atom. The van der Waals surface area contributed by atoms with E-state index in [0.29, 0.717) is 6.04 Å². The van der Waals surface area contributed by atoms with Gasteiger partial charge in [0.15, 0.2) is 0 Å². The highest BCUT2D eigenvalue weighted by Crippen LogP contribution is 2.13. The fourth-order valence-electron chi connectivity index (χ4n) is 1.94. The first kappa shape index (κ1) is 10.7.